The van der Waals surface area contributed by atoms with Crippen LogP contribution in [0.2, 0.25) is 0 Å². The highest BCUT2D eigenvalue weighted by Gasteiger charge is 2.23. The van der Waals surface area contributed by atoms with Crippen LogP contribution in [0.3, 0.4) is 0 Å². The van der Waals surface area contributed by atoms with E-state index in [1.165, 1.54) is 0 Å². The molecule has 0 saturated heterocycles. The third kappa shape index (κ3) is 11.2. The summed E-state index contributed by atoms with van der Waals surface area (Å²) in [6.45, 7) is 0.278. The van der Waals surface area contributed by atoms with Crippen LogP contribution in [0, 0.1) is 0 Å². The molecule has 0 heterocycles. The predicted octanol–water partition coefficient (Wildman–Crippen LogP) is -1.93. The van der Waals surface area contributed by atoms with E-state index in [9.17, 15) is 13.9 Å². The maximum Gasteiger partial charge on any atom is 0.344 e. The number of amides is 1. The van der Waals surface area contributed by atoms with Gasteiger partial charge in [0.05, 0.1) is 12.3 Å². The smallest absolute Gasteiger partial charge is 0.343 e. The number of rotatable bonds is 9. The average molecular weight is 319 g/mol. The average Bonchev–Trinajstić information content (AvgIpc) is 2.23. The predicted molar refractivity (Wildman–Crippen MR) is 67.2 cm³/mol. The molecule has 0 spiro atoms. The zero-order chi connectivity index (χ0) is 15.1. The third-order valence-electron chi connectivity index (χ3n) is 2.02. The summed E-state index contributed by atoms with van der Waals surface area (Å²) in [5, 5.41) is 4.36. The van der Waals surface area contributed by atoms with Gasteiger partial charge >= 0.3 is 15.2 Å². The quantitative estimate of drug-likeness (QED) is 0.238. The van der Waals surface area contributed by atoms with E-state index in [1.54, 1.807) is 0 Å². The highest BCUT2D eigenvalue weighted by molar-refractivity contribution is 7.51. The summed E-state index contributed by atoms with van der Waals surface area (Å²) < 4.78 is 21.3. The summed E-state index contributed by atoms with van der Waals surface area (Å²) in [7, 11) is -8.69. The van der Waals surface area contributed by atoms with Crippen LogP contribution in [-0.2, 0) is 13.9 Å². The largest absolute Gasteiger partial charge is 0.344 e. The minimum Gasteiger partial charge on any atom is -0.343 e. The lowest BCUT2D eigenvalue weighted by Crippen LogP contribution is -2.45. The van der Waals surface area contributed by atoms with Crippen LogP contribution in [0.4, 0.5) is 0 Å². The van der Waals surface area contributed by atoms with E-state index in [-0.39, 0.29) is 13.0 Å². The van der Waals surface area contributed by atoms with Crippen molar-refractivity contribution in [2.24, 2.45) is 5.73 Å². The standard InChI is InChI=1S/C7H19N3O7P2/c8-3-1-2-6(9-4-18(12,13)14)7(11)10-5-19(15,16)17/h6,9H,1-5,8H2,(H,10,11)(H2,12,13,14)(H2,15,16,17)/t6-/m0/s1. The number of hydrogen-bond donors (Lipinski definition) is 7. The van der Waals surface area contributed by atoms with Gasteiger partial charge in [-0.05, 0) is 19.4 Å². The minimum absolute atomic E-state index is 0.198. The molecule has 19 heavy (non-hydrogen) atoms. The van der Waals surface area contributed by atoms with Gasteiger partial charge in [-0.25, -0.2) is 0 Å². The Labute approximate surface area is 110 Å². The van der Waals surface area contributed by atoms with Crippen molar-refractivity contribution in [3.63, 3.8) is 0 Å². The molecule has 0 aromatic rings. The molecular weight excluding hydrogens is 300 g/mol. The molecule has 0 aromatic carbocycles. The lowest BCUT2D eigenvalue weighted by molar-refractivity contribution is -0.123. The van der Waals surface area contributed by atoms with Gasteiger partial charge in [-0.3, -0.25) is 19.2 Å². The van der Waals surface area contributed by atoms with E-state index in [2.05, 4.69) is 5.32 Å². The van der Waals surface area contributed by atoms with E-state index < -0.39 is 39.7 Å². The molecule has 8 N–H and O–H groups in total. The van der Waals surface area contributed by atoms with Crippen LogP contribution >= 0.6 is 15.2 Å². The fourth-order valence-electron chi connectivity index (χ4n) is 1.18. The third-order valence-corrected chi connectivity index (χ3v) is 3.18. The van der Waals surface area contributed by atoms with Gasteiger partial charge in [-0.2, -0.15) is 0 Å². The van der Waals surface area contributed by atoms with Gasteiger partial charge in [0, 0.05) is 0 Å². The molecule has 0 bridgehead atoms. The molecule has 0 aromatic heterocycles. The second-order valence-corrected chi connectivity index (χ2v) is 7.17. The Bertz CT molecular complexity index is 379. The fourth-order valence-corrected chi connectivity index (χ4v) is 2.00. The normalized spacial score (nSPS) is 14.2. The highest BCUT2D eigenvalue weighted by Crippen LogP contribution is 2.33. The molecule has 12 heteroatoms. The molecule has 114 valence electrons. The van der Waals surface area contributed by atoms with Crippen LogP contribution in [0.1, 0.15) is 12.8 Å². The number of nitrogens with one attached hydrogen (secondary N) is 2. The lowest BCUT2D eigenvalue weighted by Gasteiger charge is -2.18. The Morgan fingerprint density at radius 1 is 1.11 bits per heavy atom. The van der Waals surface area contributed by atoms with Crippen molar-refractivity contribution >= 4 is 21.1 Å². The molecule has 0 aliphatic rings. The number of nitrogens with two attached hydrogens (primary N) is 1. The molecule has 0 aliphatic heterocycles. The second kappa shape index (κ2) is 8.08. The summed E-state index contributed by atoms with van der Waals surface area (Å²) in [5.74, 6) is -0.745. The van der Waals surface area contributed by atoms with E-state index >= 15 is 0 Å². The van der Waals surface area contributed by atoms with Crippen molar-refractivity contribution in [3.8, 4) is 0 Å². The molecule has 1 atom stereocenters. The Morgan fingerprint density at radius 3 is 2.05 bits per heavy atom. The monoisotopic (exact) mass is 319 g/mol. The van der Waals surface area contributed by atoms with E-state index in [4.69, 9.17) is 25.3 Å². The van der Waals surface area contributed by atoms with Gasteiger partial charge in [-0.15, -0.1) is 0 Å². The first-order valence-electron chi connectivity index (χ1n) is 5.35. The molecule has 1 amide bonds. The molecule has 0 fully saturated rings. The second-order valence-electron chi connectivity index (χ2n) is 3.87. The first-order valence-corrected chi connectivity index (χ1v) is 8.95. The molecule has 0 saturated carbocycles. The van der Waals surface area contributed by atoms with Crippen LogP contribution in [0.25, 0.3) is 0 Å². The van der Waals surface area contributed by atoms with Crippen LogP contribution < -0.4 is 16.4 Å². The van der Waals surface area contributed by atoms with Gasteiger partial charge in [-0.1, -0.05) is 0 Å². The zero-order valence-corrected chi connectivity index (χ0v) is 11.9. The number of carbonyl (C=O) groups excluding carboxylic acids is 1. The maximum absolute atomic E-state index is 11.6. The molecule has 0 rings (SSSR count). The molecule has 10 nitrogen and oxygen atoms in total. The SMILES string of the molecule is NCCC[C@H](NCP(=O)(O)O)C(=O)NCP(=O)(O)O. The van der Waals surface area contributed by atoms with Crippen molar-refractivity contribution in [3.05, 3.63) is 0 Å². The van der Waals surface area contributed by atoms with Gasteiger partial charge in [0.25, 0.3) is 0 Å². The summed E-state index contributed by atoms with van der Waals surface area (Å²) >= 11 is 0. The summed E-state index contributed by atoms with van der Waals surface area (Å²) in [5.41, 5.74) is 5.26. The van der Waals surface area contributed by atoms with Crippen LogP contribution in [0.5, 0.6) is 0 Å². The van der Waals surface area contributed by atoms with Gasteiger partial charge in [0.15, 0.2) is 0 Å². The summed E-state index contributed by atoms with van der Waals surface area (Å²) in [6, 6.07) is -0.970. The summed E-state index contributed by atoms with van der Waals surface area (Å²) in [4.78, 5) is 46.2. The zero-order valence-electron chi connectivity index (χ0n) is 10.1. The molecule has 0 aliphatic carbocycles. The lowest BCUT2D eigenvalue weighted by atomic mass is 10.1. The Kier molecular flexibility index (Phi) is 7.95. The number of carbonyl (C=O) groups is 1. The van der Waals surface area contributed by atoms with Gasteiger partial charge in [0.2, 0.25) is 5.91 Å². The van der Waals surface area contributed by atoms with Gasteiger partial charge < -0.3 is 30.6 Å². The molecule has 0 unspecified atom stereocenters. The van der Waals surface area contributed by atoms with Gasteiger partial charge in [0.1, 0.15) is 6.29 Å². The van der Waals surface area contributed by atoms with Crippen LogP contribution in [-0.4, -0.2) is 50.6 Å². The van der Waals surface area contributed by atoms with E-state index in [0.717, 1.165) is 0 Å². The first-order chi connectivity index (χ1) is 8.55. The van der Waals surface area contributed by atoms with E-state index in [1.807, 2.05) is 5.32 Å². The van der Waals surface area contributed by atoms with Crippen LogP contribution in [0.15, 0.2) is 0 Å². The fraction of sp³-hybridized carbons (Fsp3) is 0.857. The molecule has 0 radical (unpaired) electrons. The maximum atomic E-state index is 11.6. The summed E-state index contributed by atoms with van der Waals surface area (Å²) in [6.07, 6.45) is -0.917. The highest BCUT2D eigenvalue weighted by atomic mass is 31.2. The minimum atomic E-state index is -4.37. The van der Waals surface area contributed by atoms with Crippen molar-refractivity contribution in [2.75, 3.05) is 19.1 Å². The Hall–Kier alpha value is -0.310. The Morgan fingerprint density at radius 2 is 1.63 bits per heavy atom. The van der Waals surface area contributed by atoms with E-state index in [0.29, 0.717) is 6.42 Å². The van der Waals surface area contributed by atoms with Crippen molar-refractivity contribution in [1.29, 1.82) is 0 Å². The molecular formula is C7H19N3O7P2. The first kappa shape index (κ1) is 18.7. The van der Waals surface area contributed by atoms with Crippen molar-refractivity contribution in [2.45, 2.75) is 18.9 Å². The van der Waals surface area contributed by atoms with Crippen molar-refractivity contribution in [1.82, 2.24) is 10.6 Å². The Balaban J connectivity index is 4.43. The topological polar surface area (TPSA) is 182 Å². The van der Waals surface area contributed by atoms with Crippen molar-refractivity contribution < 1.29 is 33.5 Å². The number of hydrogen-bond acceptors (Lipinski definition) is 5.